The Morgan fingerprint density at radius 2 is 1.68 bits per heavy atom. The van der Waals surface area contributed by atoms with Gasteiger partial charge in [-0.2, -0.15) is 0 Å². The fourth-order valence-electron chi connectivity index (χ4n) is 3.20. The number of hydrogen-bond acceptors (Lipinski definition) is 3. The number of carbonyl (C=O) groups excluding carboxylic acids is 1. The summed E-state index contributed by atoms with van der Waals surface area (Å²) in [5.41, 5.74) is 6.14. The van der Waals surface area contributed by atoms with Gasteiger partial charge in [-0.25, -0.2) is 0 Å². The van der Waals surface area contributed by atoms with E-state index in [1.54, 1.807) is 0 Å². The number of nitrogens with one attached hydrogen (secondary N) is 1. The Morgan fingerprint density at radius 1 is 1.11 bits per heavy atom. The lowest BCUT2D eigenvalue weighted by Gasteiger charge is -2.16. The summed E-state index contributed by atoms with van der Waals surface area (Å²) in [6.07, 6.45) is 6.60. The van der Waals surface area contributed by atoms with Crippen molar-refractivity contribution in [3.63, 3.8) is 0 Å². The Kier molecular flexibility index (Phi) is 3.27. The van der Waals surface area contributed by atoms with Crippen LogP contribution < -0.4 is 5.32 Å². The fourth-order valence-corrected chi connectivity index (χ4v) is 3.20. The van der Waals surface area contributed by atoms with Gasteiger partial charge < -0.3 is 10.2 Å². The molecule has 19 heavy (non-hydrogen) atoms. The first-order valence-electron chi connectivity index (χ1n) is 7.13. The second-order valence-electron chi connectivity index (χ2n) is 5.83. The zero-order valence-electron chi connectivity index (χ0n) is 11.8. The zero-order chi connectivity index (χ0) is 13.4. The van der Waals surface area contributed by atoms with Gasteiger partial charge in [0.2, 0.25) is 5.91 Å². The van der Waals surface area contributed by atoms with Gasteiger partial charge >= 0.3 is 0 Å². The monoisotopic (exact) mass is 259 g/mol. The minimum atomic E-state index is 0.0828. The van der Waals surface area contributed by atoms with Crippen LogP contribution in [-0.2, 0) is 30.5 Å². The van der Waals surface area contributed by atoms with E-state index in [0.717, 1.165) is 31.4 Å². The molecule has 102 valence electrons. The van der Waals surface area contributed by atoms with Crippen molar-refractivity contribution < 1.29 is 4.79 Å². The van der Waals surface area contributed by atoms with Crippen LogP contribution in [0.2, 0.25) is 0 Å². The number of likely N-dealkylation sites (N-methyl/N-ethyl adjacent to an activating group) is 1. The first-order valence-corrected chi connectivity index (χ1v) is 7.13. The minimum absolute atomic E-state index is 0.0828. The lowest BCUT2D eigenvalue weighted by Crippen LogP contribution is -2.28. The van der Waals surface area contributed by atoms with Crippen LogP contribution in [0.3, 0.4) is 0 Å². The van der Waals surface area contributed by atoms with Crippen molar-refractivity contribution in [2.24, 2.45) is 0 Å². The molecule has 2 aliphatic rings. The number of amides is 1. The first-order chi connectivity index (χ1) is 9.15. The topological polar surface area (TPSA) is 45.2 Å². The van der Waals surface area contributed by atoms with Crippen LogP contribution in [0.15, 0.2) is 0 Å². The summed E-state index contributed by atoms with van der Waals surface area (Å²) in [4.78, 5) is 18.8. The largest absolute Gasteiger partial charge is 0.324 e. The third-order valence-corrected chi connectivity index (χ3v) is 3.98. The van der Waals surface area contributed by atoms with Crippen molar-refractivity contribution >= 4 is 11.6 Å². The Hall–Kier alpha value is -1.42. The number of hydrogen-bond donors (Lipinski definition) is 1. The summed E-state index contributed by atoms with van der Waals surface area (Å²) in [6.45, 7) is 0.436. The van der Waals surface area contributed by atoms with Gasteiger partial charge in [0, 0.05) is 11.4 Å². The zero-order valence-corrected chi connectivity index (χ0v) is 11.8. The highest BCUT2D eigenvalue weighted by atomic mass is 16.2. The van der Waals surface area contributed by atoms with E-state index < -0.39 is 0 Å². The molecule has 0 bridgehead atoms. The van der Waals surface area contributed by atoms with Gasteiger partial charge in [-0.05, 0) is 63.7 Å². The summed E-state index contributed by atoms with van der Waals surface area (Å²) >= 11 is 0. The van der Waals surface area contributed by atoms with E-state index in [1.165, 1.54) is 35.4 Å². The van der Waals surface area contributed by atoms with Gasteiger partial charge in [0.1, 0.15) is 0 Å². The molecule has 2 aliphatic carbocycles. The second-order valence-corrected chi connectivity index (χ2v) is 5.83. The summed E-state index contributed by atoms with van der Waals surface area (Å²) in [5.74, 6) is 0.0828. The second kappa shape index (κ2) is 4.93. The van der Waals surface area contributed by atoms with Crippen LogP contribution in [0.5, 0.6) is 0 Å². The molecule has 0 saturated heterocycles. The average molecular weight is 259 g/mol. The van der Waals surface area contributed by atoms with Gasteiger partial charge in [-0.1, -0.05) is 0 Å². The van der Waals surface area contributed by atoms with E-state index in [4.69, 9.17) is 4.98 Å². The molecule has 0 fully saturated rings. The molecular weight excluding hydrogens is 238 g/mol. The maximum atomic E-state index is 12.0. The SMILES string of the molecule is CN(C)CC(=O)Nc1c2c(nc3c1CCC3)CCC2. The molecule has 1 aromatic heterocycles. The molecule has 0 aromatic carbocycles. The molecule has 0 saturated carbocycles. The number of anilines is 1. The van der Waals surface area contributed by atoms with Crippen LogP contribution in [0.25, 0.3) is 0 Å². The smallest absolute Gasteiger partial charge is 0.238 e. The van der Waals surface area contributed by atoms with Crippen LogP contribution >= 0.6 is 0 Å². The molecule has 1 heterocycles. The van der Waals surface area contributed by atoms with Crippen LogP contribution in [0, 0.1) is 0 Å². The summed E-state index contributed by atoms with van der Waals surface area (Å²) in [5, 5.41) is 3.15. The van der Waals surface area contributed by atoms with Crippen molar-refractivity contribution in [1.29, 1.82) is 0 Å². The third-order valence-electron chi connectivity index (χ3n) is 3.98. The molecule has 1 N–H and O–H groups in total. The number of nitrogens with zero attached hydrogens (tertiary/aromatic N) is 2. The average Bonchev–Trinajstić information content (AvgIpc) is 2.94. The molecule has 0 atom stereocenters. The van der Waals surface area contributed by atoms with E-state index in [9.17, 15) is 4.79 Å². The normalized spacial score (nSPS) is 16.6. The number of aromatic nitrogens is 1. The number of aryl methyl sites for hydroxylation is 2. The molecule has 0 unspecified atom stereocenters. The van der Waals surface area contributed by atoms with E-state index in [2.05, 4.69) is 5.32 Å². The Balaban J connectivity index is 1.94. The molecule has 0 spiro atoms. The van der Waals surface area contributed by atoms with Gasteiger partial charge in [0.05, 0.1) is 12.2 Å². The standard InChI is InChI=1S/C15H21N3O/c1-18(2)9-14(19)17-15-10-5-3-7-12(10)16-13-8-4-6-11(13)15/h3-9H2,1-2H3,(H,16,17,19). The van der Waals surface area contributed by atoms with Crippen molar-refractivity contribution in [2.75, 3.05) is 26.0 Å². The predicted molar refractivity (Wildman–Crippen MR) is 75.5 cm³/mol. The minimum Gasteiger partial charge on any atom is -0.324 e. The Morgan fingerprint density at radius 3 is 2.21 bits per heavy atom. The number of fused-ring (bicyclic) bond motifs is 2. The number of pyridine rings is 1. The summed E-state index contributed by atoms with van der Waals surface area (Å²) in [7, 11) is 3.84. The Bertz CT molecular complexity index is 490. The maximum Gasteiger partial charge on any atom is 0.238 e. The molecule has 4 heteroatoms. The highest BCUT2D eigenvalue weighted by Crippen LogP contribution is 2.36. The van der Waals surface area contributed by atoms with Gasteiger partial charge in [-0.3, -0.25) is 9.78 Å². The van der Waals surface area contributed by atoms with E-state index >= 15 is 0 Å². The van der Waals surface area contributed by atoms with Gasteiger partial charge in [0.15, 0.2) is 0 Å². The van der Waals surface area contributed by atoms with Gasteiger partial charge in [0.25, 0.3) is 0 Å². The first kappa shape index (κ1) is 12.6. The highest BCUT2D eigenvalue weighted by molar-refractivity contribution is 5.94. The van der Waals surface area contributed by atoms with Crippen LogP contribution in [0.4, 0.5) is 5.69 Å². The molecular formula is C15H21N3O. The van der Waals surface area contributed by atoms with Crippen LogP contribution in [0.1, 0.15) is 35.4 Å². The maximum absolute atomic E-state index is 12.0. The molecule has 4 nitrogen and oxygen atoms in total. The molecule has 0 radical (unpaired) electrons. The fraction of sp³-hybridized carbons (Fsp3) is 0.600. The van der Waals surface area contributed by atoms with Crippen molar-refractivity contribution in [3.05, 3.63) is 22.5 Å². The molecule has 1 aromatic rings. The summed E-state index contributed by atoms with van der Waals surface area (Å²) < 4.78 is 0. The number of rotatable bonds is 3. The van der Waals surface area contributed by atoms with E-state index in [-0.39, 0.29) is 5.91 Å². The quantitative estimate of drug-likeness (QED) is 0.896. The number of carbonyl (C=O) groups is 1. The summed E-state index contributed by atoms with van der Waals surface area (Å²) in [6, 6.07) is 0. The Labute approximate surface area is 114 Å². The lowest BCUT2D eigenvalue weighted by molar-refractivity contribution is -0.116. The van der Waals surface area contributed by atoms with Gasteiger partial charge in [-0.15, -0.1) is 0 Å². The highest BCUT2D eigenvalue weighted by Gasteiger charge is 2.26. The lowest BCUT2D eigenvalue weighted by atomic mass is 10.1. The molecule has 1 amide bonds. The van der Waals surface area contributed by atoms with Crippen molar-refractivity contribution in [2.45, 2.75) is 38.5 Å². The van der Waals surface area contributed by atoms with E-state index in [0.29, 0.717) is 6.54 Å². The molecule has 3 rings (SSSR count). The van der Waals surface area contributed by atoms with E-state index in [1.807, 2.05) is 19.0 Å². The predicted octanol–water partition coefficient (Wildman–Crippen LogP) is 1.56. The van der Waals surface area contributed by atoms with Crippen LogP contribution in [-0.4, -0.2) is 36.4 Å². The third kappa shape index (κ3) is 2.37. The molecule has 0 aliphatic heterocycles. The van der Waals surface area contributed by atoms with Crippen molar-refractivity contribution in [3.8, 4) is 0 Å². The van der Waals surface area contributed by atoms with Crippen molar-refractivity contribution in [1.82, 2.24) is 9.88 Å².